The molecule has 0 spiro atoms. The topological polar surface area (TPSA) is 84.2 Å². The Balaban J connectivity index is 2.27. The van der Waals surface area contributed by atoms with Crippen LogP contribution in [0.1, 0.15) is 30.6 Å². The van der Waals surface area contributed by atoms with E-state index in [-0.39, 0.29) is 17.5 Å². The Morgan fingerprint density at radius 2 is 2.22 bits per heavy atom. The summed E-state index contributed by atoms with van der Waals surface area (Å²) >= 11 is 5.24. The maximum Gasteiger partial charge on any atom is 0.262 e. The lowest BCUT2D eigenvalue weighted by Gasteiger charge is -2.12. The first-order valence-electron chi connectivity index (χ1n) is 7.34. The van der Waals surface area contributed by atoms with E-state index < -0.39 is 0 Å². The second-order valence-electron chi connectivity index (χ2n) is 5.54. The van der Waals surface area contributed by atoms with E-state index in [0.29, 0.717) is 27.0 Å². The van der Waals surface area contributed by atoms with Crippen molar-refractivity contribution >= 4 is 34.8 Å². The summed E-state index contributed by atoms with van der Waals surface area (Å²) in [6.07, 6.45) is 0.844. The van der Waals surface area contributed by atoms with Gasteiger partial charge in [-0.05, 0) is 43.8 Å². The molecule has 120 valence electrons. The third-order valence-electron chi connectivity index (χ3n) is 3.98. The Hall–Kier alpha value is -2.48. The summed E-state index contributed by atoms with van der Waals surface area (Å²) in [5.74, 6) is 0.233. The minimum atomic E-state index is -0.185. The molecule has 0 aliphatic carbocycles. The van der Waals surface area contributed by atoms with Crippen LogP contribution in [-0.4, -0.2) is 31.1 Å². The zero-order valence-electron chi connectivity index (χ0n) is 13.1. The minimum absolute atomic E-state index is 0.0814. The van der Waals surface area contributed by atoms with E-state index in [2.05, 4.69) is 15.5 Å². The molecule has 1 aromatic carbocycles. The molecule has 0 aliphatic rings. The highest BCUT2D eigenvalue weighted by Crippen LogP contribution is 2.15. The minimum Gasteiger partial charge on any atom is -0.350 e. The van der Waals surface area contributed by atoms with Crippen molar-refractivity contribution in [2.45, 2.75) is 26.3 Å². The molecule has 1 amide bonds. The van der Waals surface area contributed by atoms with E-state index >= 15 is 0 Å². The number of hydrogen-bond acceptors (Lipinski definition) is 4. The third-order valence-corrected chi connectivity index (χ3v) is 4.25. The summed E-state index contributed by atoms with van der Waals surface area (Å²) in [6.45, 7) is 3.95. The van der Waals surface area contributed by atoms with E-state index in [1.54, 1.807) is 29.6 Å². The number of aryl methyl sites for hydroxylation is 1. The molecule has 0 saturated carbocycles. The van der Waals surface area contributed by atoms with Crippen LogP contribution in [0.25, 0.3) is 16.7 Å². The smallest absolute Gasteiger partial charge is 0.262 e. The molecule has 0 saturated heterocycles. The number of fused-ring (bicyclic) bond motifs is 3. The van der Waals surface area contributed by atoms with E-state index in [1.807, 2.05) is 13.8 Å². The Morgan fingerprint density at radius 1 is 1.48 bits per heavy atom. The van der Waals surface area contributed by atoms with E-state index in [4.69, 9.17) is 12.2 Å². The lowest BCUT2D eigenvalue weighted by molar-refractivity contribution is 0.0939. The van der Waals surface area contributed by atoms with Crippen LogP contribution >= 0.6 is 12.2 Å². The van der Waals surface area contributed by atoms with Crippen molar-refractivity contribution in [3.63, 3.8) is 0 Å². The SMILES string of the molecule is CC[C@H](C)NC(=O)c1ccc2c(=O)n(C)c3n[nH]c(=S)n3c2c1. The van der Waals surface area contributed by atoms with Gasteiger partial charge in [-0.25, -0.2) is 5.10 Å². The summed E-state index contributed by atoms with van der Waals surface area (Å²) in [7, 11) is 1.64. The van der Waals surface area contributed by atoms with Crippen LogP contribution in [0.3, 0.4) is 0 Å². The molecule has 0 fully saturated rings. The fourth-order valence-electron chi connectivity index (χ4n) is 2.45. The highest BCUT2D eigenvalue weighted by molar-refractivity contribution is 7.71. The monoisotopic (exact) mass is 331 g/mol. The van der Waals surface area contributed by atoms with Crippen molar-refractivity contribution in [3.8, 4) is 0 Å². The summed E-state index contributed by atoms with van der Waals surface area (Å²) in [4.78, 5) is 24.7. The van der Waals surface area contributed by atoms with Crippen molar-refractivity contribution in [2.75, 3.05) is 0 Å². The number of H-pyrrole nitrogens is 1. The molecule has 2 N–H and O–H groups in total. The molecule has 2 heterocycles. The van der Waals surface area contributed by atoms with Gasteiger partial charge >= 0.3 is 0 Å². The molecule has 23 heavy (non-hydrogen) atoms. The van der Waals surface area contributed by atoms with Gasteiger partial charge in [-0.3, -0.25) is 18.6 Å². The normalized spacial score (nSPS) is 12.7. The number of benzene rings is 1. The standard InChI is InChI=1S/C15H17N5O2S/c1-4-8(2)16-12(21)9-5-6-10-11(7-9)20-14(17-18-15(20)23)19(3)13(10)22/h5-8H,4H2,1-3H3,(H,16,21)(H,18,23)/t8-/m0/s1. The van der Waals surface area contributed by atoms with Crippen molar-refractivity contribution in [1.82, 2.24) is 24.5 Å². The number of nitrogens with zero attached hydrogens (tertiary/aromatic N) is 3. The molecule has 0 unspecified atom stereocenters. The Bertz CT molecular complexity index is 1030. The molecular formula is C15H17N5O2S. The highest BCUT2D eigenvalue weighted by Gasteiger charge is 2.14. The largest absolute Gasteiger partial charge is 0.350 e. The van der Waals surface area contributed by atoms with Gasteiger partial charge in [0.15, 0.2) is 0 Å². The van der Waals surface area contributed by atoms with Gasteiger partial charge in [0.1, 0.15) is 0 Å². The van der Waals surface area contributed by atoms with Crippen LogP contribution in [0.2, 0.25) is 0 Å². The predicted octanol–water partition coefficient (Wildman–Crippen LogP) is 1.77. The summed E-state index contributed by atoms with van der Waals surface area (Å²) < 4.78 is 3.46. The van der Waals surface area contributed by atoms with E-state index in [9.17, 15) is 9.59 Å². The maximum atomic E-state index is 12.4. The molecule has 0 bridgehead atoms. The fraction of sp³-hybridized carbons (Fsp3) is 0.333. The van der Waals surface area contributed by atoms with Gasteiger partial charge in [0.05, 0.1) is 10.9 Å². The van der Waals surface area contributed by atoms with Crippen LogP contribution in [0.4, 0.5) is 0 Å². The molecule has 7 nitrogen and oxygen atoms in total. The summed E-state index contributed by atoms with van der Waals surface area (Å²) in [6, 6.07) is 5.05. The van der Waals surface area contributed by atoms with Gasteiger partial charge in [-0.15, -0.1) is 5.10 Å². The molecule has 3 rings (SSSR count). The van der Waals surface area contributed by atoms with Gasteiger partial charge in [-0.2, -0.15) is 0 Å². The zero-order chi connectivity index (χ0) is 16.7. The number of nitrogens with one attached hydrogen (secondary N) is 2. The first kappa shape index (κ1) is 15.4. The Kier molecular flexibility index (Phi) is 3.77. The Morgan fingerprint density at radius 3 is 2.91 bits per heavy atom. The molecular weight excluding hydrogens is 314 g/mol. The lowest BCUT2D eigenvalue weighted by Crippen LogP contribution is -2.32. The molecule has 1 atom stereocenters. The van der Waals surface area contributed by atoms with Crippen molar-refractivity contribution in [1.29, 1.82) is 0 Å². The van der Waals surface area contributed by atoms with Crippen molar-refractivity contribution < 1.29 is 4.79 Å². The van der Waals surface area contributed by atoms with Crippen molar-refractivity contribution in [3.05, 3.63) is 38.9 Å². The number of carbonyl (C=O) groups excluding carboxylic acids is 1. The number of aromatic amines is 1. The van der Waals surface area contributed by atoms with Crippen LogP contribution < -0.4 is 10.9 Å². The molecule has 2 aromatic heterocycles. The van der Waals surface area contributed by atoms with E-state index in [1.165, 1.54) is 4.57 Å². The molecule has 0 aliphatic heterocycles. The lowest BCUT2D eigenvalue weighted by atomic mass is 10.1. The number of aromatic nitrogens is 4. The average molecular weight is 331 g/mol. The van der Waals surface area contributed by atoms with Gasteiger partial charge in [0, 0.05) is 18.7 Å². The molecule has 3 aromatic rings. The summed E-state index contributed by atoms with van der Waals surface area (Å²) in [5, 5.41) is 10.2. The third kappa shape index (κ3) is 2.44. The van der Waals surface area contributed by atoms with Gasteiger partial charge in [0.2, 0.25) is 10.5 Å². The number of amides is 1. The van der Waals surface area contributed by atoms with Gasteiger partial charge < -0.3 is 5.32 Å². The van der Waals surface area contributed by atoms with E-state index in [0.717, 1.165) is 6.42 Å². The first-order valence-corrected chi connectivity index (χ1v) is 7.75. The number of hydrogen-bond donors (Lipinski definition) is 2. The highest BCUT2D eigenvalue weighted by atomic mass is 32.1. The first-order chi connectivity index (χ1) is 10.9. The second-order valence-corrected chi connectivity index (χ2v) is 5.93. The second kappa shape index (κ2) is 5.62. The van der Waals surface area contributed by atoms with Crippen LogP contribution in [-0.2, 0) is 7.05 Å². The maximum absolute atomic E-state index is 12.4. The number of rotatable bonds is 3. The van der Waals surface area contributed by atoms with Crippen LogP contribution in [0.15, 0.2) is 23.0 Å². The van der Waals surface area contributed by atoms with Gasteiger partial charge in [0.25, 0.3) is 11.5 Å². The van der Waals surface area contributed by atoms with Crippen molar-refractivity contribution in [2.24, 2.45) is 7.05 Å². The van der Waals surface area contributed by atoms with Gasteiger partial charge in [-0.1, -0.05) is 6.92 Å². The Labute approximate surface area is 136 Å². The average Bonchev–Trinajstić information content (AvgIpc) is 2.94. The quantitative estimate of drug-likeness (QED) is 0.717. The molecule has 0 radical (unpaired) electrons. The molecule has 8 heteroatoms. The predicted molar refractivity (Wildman–Crippen MR) is 90.3 cm³/mol. The zero-order valence-corrected chi connectivity index (χ0v) is 13.9. The van der Waals surface area contributed by atoms with Crippen LogP contribution in [0, 0.1) is 4.77 Å². The fourth-order valence-corrected chi connectivity index (χ4v) is 2.68. The summed E-state index contributed by atoms with van der Waals surface area (Å²) in [5.41, 5.74) is 0.865. The number of carbonyl (C=O) groups is 1. The van der Waals surface area contributed by atoms with Crippen LogP contribution in [0.5, 0.6) is 0 Å².